The molecule has 0 aliphatic carbocycles. The van der Waals surface area contributed by atoms with Gasteiger partial charge in [0.15, 0.2) is 0 Å². The Bertz CT molecular complexity index is 268. The Balaban J connectivity index is 3.16. The SMILES string of the molecule is C=Cc1cc(F)ccc1C[SiH3]. The summed E-state index contributed by atoms with van der Waals surface area (Å²) in [6.07, 6.45) is 1.70. The van der Waals surface area contributed by atoms with Crippen molar-refractivity contribution in [2.75, 3.05) is 0 Å². The van der Waals surface area contributed by atoms with Gasteiger partial charge in [-0.05, 0) is 29.3 Å². The zero-order valence-electron chi connectivity index (χ0n) is 6.60. The molecule has 0 amide bonds. The van der Waals surface area contributed by atoms with Crippen molar-refractivity contribution in [3.8, 4) is 0 Å². The summed E-state index contributed by atoms with van der Waals surface area (Å²) in [7, 11) is 1.11. The summed E-state index contributed by atoms with van der Waals surface area (Å²) in [5.74, 6) is -0.182. The zero-order chi connectivity index (χ0) is 8.27. The van der Waals surface area contributed by atoms with Crippen molar-refractivity contribution in [3.05, 3.63) is 41.7 Å². The summed E-state index contributed by atoms with van der Waals surface area (Å²) < 4.78 is 12.6. The van der Waals surface area contributed by atoms with Crippen molar-refractivity contribution in [3.63, 3.8) is 0 Å². The van der Waals surface area contributed by atoms with Gasteiger partial charge >= 0.3 is 0 Å². The summed E-state index contributed by atoms with van der Waals surface area (Å²) in [5.41, 5.74) is 2.13. The molecular weight excluding hydrogens is 155 g/mol. The molecular formula is C9H11FSi. The van der Waals surface area contributed by atoms with Crippen LogP contribution in [0, 0.1) is 5.82 Å². The molecule has 0 saturated heterocycles. The van der Waals surface area contributed by atoms with Gasteiger partial charge in [0.2, 0.25) is 0 Å². The Morgan fingerprint density at radius 3 is 2.82 bits per heavy atom. The lowest BCUT2D eigenvalue weighted by molar-refractivity contribution is 0.627. The van der Waals surface area contributed by atoms with Crippen molar-refractivity contribution in [2.45, 2.75) is 6.04 Å². The average Bonchev–Trinajstić information content (AvgIpc) is 2.04. The van der Waals surface area contributed by atoms with E-state index in [1.165, 1.54) is 17.7 Å². The third-order valence-electron chi connectivity index (χ3n) is 1.71. The Hall–Kier alpha value is -0.893. The standard InChI is InChI=1S/C9H11FSi/c1-2-7-5-9(10)4-3-8(7)6-11/h2-5H,1,6H2,11H3. The molecule has 0 radical (unpaired) electrons. The van der Waals surface area contributed by atoms with E-state index in [1.54, 1.807) is 6.08 Å². The van der Waals surface area contributed by atoms with Crippen LogP contribution in [-0.4, -0.2) is 10.2 Å². The topological polar surface area (TPSA) is 0 Å². The van der Waals surface area contributed by atoms with Gasteiger partial charge in [0.05, 0.1) is 0 Å². The molecule has 1 aromatic rings. The van der Waals surface area contributed by atoms with Gasteiger partial charge in [-0.25, -0.2) is 4.39 Å². The van der Waals surface area contributed by atoms with E-state index in [9.17, 15) is 4.39 Å². The molecule has 0 bridgehead atoms. The minimum atomic E-state index is -0.182. The van der Waals surface area contributed by atoms with E-state index in [2.05, 4.69) is 6.58 Å². The summed E-state index contributed by atoms with van der Waals surface area (Å²) >= 11 is 0. The van der Waals surface area contributed by atoms with Gasteiger partial charge in [0, 0.05) is 10.2 Å². The van der Waals surface area contributed by atoms with Gasteiger partial charge < -0.3 is 0 Å². The van der Waals surface area contributed by atoms with Crippen molar-refractivity contribution in [1.82, 2.24) is 0 Å². The maximum atomic E-state index is 12.6. The number of hydrogen-bond acceptors (Lipinski definition) is 0. The monoisotopic (exact) mass is 166 g/mol. The lowest BCUT2D eigenvalue weighted by Gasteiger charge is -2.01. The number of halogens is 1. The van der Waals surface area contributed by atoms with Crippen LogP contribution in [0.3, 0.4) is 0 Å². The molecule has 0 saturated carbocycles. The van der Waals surface area contributed by atoms with E-state index in [4.69, 9.17) is 0 Å². The Morgan fingerprint density at radius 1 is 1.55 bits per heavy atom. The fourth-order valence-electron chi connectivity index (χ4n) is 1.08. The smallest absolute Gasteiger partial charge is 0.123 e. The van der Waals surface area contributed by atoms with E-state index in [-0.39, 0.29) is 5.82 Å². The summed E-state index contributed by atoms with van der Waals surface area (Å²) in [6.45, 7) is 3.63. The van der Waals surface area contributed by atoms with Gasteiger partial charge in [0.25, 0.3) is 0 Å². The normalized spacial score (nSPS) is 9.91. The molecule has 0 aliphatic heterocycles. The number of hydrogen-bond donors (Lipinski definition) is 0. The van der Waals surface area contributed by atoms with Crippen LogP contribution in [0.25, 0.3) is 6.08 Å². The zero-order valence-corrected chi connectivity index (χ0v) is 8.60. The van der Waals surface area contributed by atoms with Crippen LogP contribution < -0.4 is 0 Å². The van der Waals surface area contributed by atoms with E-state index in [0.29, 0.717) is 0 Å². The highest BCUT2D eigenvalue weighted by Gasteiger charge is 1.97. The third kappa shape index (κ3) is 1.77. The Labute approximate surface area is 69.2 Å². The molecule has 0 aliphatic rings. The highest BCUT2D eigenvalue weighted by Crippen LogP contribution is 2.11. The average molecular weight is 166 g/mol. The second-order valence-corrected chi connectivity index (χ2v) is 3.11. The van der Waals surface area contributed by atoms with Crippen LogP contribution >= 0.6 is 0 Å². The molecule has 0 spiro atoms. The number of benzene rings is 1. The fourth-order valence-corrected chi connectivity index (χ4v) is 1.72. The van der Waals surface area contributed by atoms with Gasteiger partial charge in [0.1, 0.15) is 5.82 Å². The maximum Gasteiger partial charge on any atom is 0.123 e. The van der Waals surface area contributed by atoms with E-state index in [1.807, 2.05) is 6.07 Å². The second kappa shape index (κ2) is 3.48. The Kier molecular flexibility index (Phi) is 2.60. The van der Waals surface area contributed by atoms with Crippen LogP contribution in [0.4, 0.5) is 4.39 Å². The molecule has 0 fully saturated rings. The summed E-state index contributed by atoms with van der Waals surface area (Å²) in [4.78, 5) is 0. The van der Waals surface area contributed by atoms with Crippen molar-refractivity contribution < 1.29 is 4.39 Å². The van der Waals surface area contributed by atoms with Crippen LogP contribution in [0.1, 0.15) is 11.1 Å². The first-order chi connectivity index (χ1) is 5.27. The lowest BCUT2D eigenvalue weighted by atomic mass is 10.1. The quantitative estimate of drug-likeness (QED) is 0.582. The van der Waals surface area contributed by atoms with Crippen LogP contribution in [-0.2, 0) is 6.04 Å². The van der Waals surface area contributed by atoms with Crippen LogP contribution in [0.15, 0.2) is 24.8 Å². The van der Waals surface area contributed by atoms with Gasteiger partial charge in [-0.1, -0.05) is 18.7 Å². The Morgan fingerprint density at radius 2 is 2.27 bits per heavy atom. The first kappa shape index (κ1) is 8.21. The van der Waals surface area contributed by atoms with Crippen LogP contribution in [0.5, 0.6) is 0 Å². The molecule has 0 nitrogen and oxygen atoms in total. The van der Waals surface area contributed by atoms with E-state index < -0.39 is 0 Å². The van der Waals surface area contributed by atoms with Crippen molar-refractivity contribution in [2.24, 2.45) is 0 Å². The molecule has 1 rings (SSSR count). The predicted octanol–water partition coefficient (Wildman–Crippen LogP) is 1.33. The highest BCUT2D eigenvalue weighted by atomic mass is 28.1. The van der Waals surface area contributed by atoms with E-state index in [0.717, 1.165) is 21.9 Å². The van der Waals surface area contributed by atoms with Crippen molar-refractivity contribution >= 4 is 16.3 Å². The molecule has 0 N–H and O–H groups in total. The van der Waals surface area contributed by atoms with Gasteiger partial charge in [-0.3, -0.25) is 0 Å². The first-order valence-corrected chi connectivity index (χ1v) is 5.10. The maximum absolute atomic E-state index is 12.6. The predicted molar refractivity (Wildman–Crippen MR) is 50.1 cm³/mol. The number of rotatable bonds is 2. The molecule has 11 heavy (non-hydrogen) atoms. The minimum Gasteiger partial charge on any atom is -0.207 e. The molecule has 1 aromatic carbocycles. The summed E-state index contributed by atoms with van der Waals surface area (Å²) in [5, 5.41) is 0. The van der Waals surface area contributed by atoms with Crippen LogP contribution in [0.2, 0.25) is 0 Å². The van der Waals surface area contributed by atoms with Gasteiger partial charge in [-0.2, -0.15) is 0 Å². The van der Waals surface area contributed by atoms with Gasteiger partial charge in [-0.15, -0.1) is 0 Å². The molecule has 0 heterocycles. The highest BCUT2D eigenvalue weighted by molar-refractivity contribution is 6.08. The minimum absolute atomic E-state index is 0.182. The molecule has 58 valence electrons. The molecule has 0 unspecified atom stereocenters. The first-order valence-electron chi connectivity index (χ1n) is 3.68. The molecule has 2 heteroatoms. The van der Waals surface area contributed by atoms with Crippen molar-refractivity contribution in [1.29, 1.82) is 0 Å². The van der Waals surface area contributed by atoms with E-state index >= 15 is 0 Å². The second-order valence-electron chi connectivity index (χ2n) is 2.40. The molecule has 0 atom stereocenters. The third-order valence-corrected chi connectivity index (χ3v) is 2.47. The largest absolute Gasteiger partial charge is 0.207 e. The fraction of sp³-hybridized carbons (Fsp3) is 0.111. The summed E-state index contributed by atoms with van der Waals surface area (Å²) in [6, 6.07) is 5.92. The molecule has 0 aromatic heterocycles. The lowest BCUT2D eigenvalue weighted by Crippen LogP contribution is -1.89.